The van der Waals surface area contributed by atoms with Crippen molar-refractivity contribution >= 4 is 22.6 Å². The normalized spacial score (nSPS) is 21.3. The van der Waals surface area contributed by atoms with Gasteiger partial charge in [-0.2, -0.15) is 0 Å². The maximum Gasteiger partial charge on any atom is 0.311 e. The smallest absolute Gasteiger partial charge is 0.311 e. The lowest BCUT2D eigenvalue weighted by molar-refractivity contribution is -0.150. The van der Waals surface area contributed by atoms with Gasteiger partial charge in [0, 0.05) is 18.5 Å². The van der Waals surface area contributed by atoms with E-state index in [4.69, 9.17) is 0 Å². The number of hydrogen-bond donors (Lipinski definition) is 2. The molecule has 1 aliphatic heterocycles. The van der Waals surface area contributed by atoms with E-state index in [0.29, 0.717) is 30.2 Å². The summed E-state index contributed by atoms with van der Waals surface area (Å²) in [7, 11) is 0. The Hall–Kier alpha value is -2.63. The van der Waals surface area contributed by atoms with Crippen LogP contribution in [0.25, 0.3) is 10.8 Å². The van der Waals surface area contributed by atoms with Crippen LogP contribution in [-0.2, 0) is 4.79 Å². The Balaban J connectivity index is 1.94. The summed E-state index contributed by atoms with van der Waals surface area (Å²) in [6, 6.07) is 8.69. The highest BCUT2D eigenvalue weighted by molar-refractivity contribution is 5.96. The summed E-state index contributed by atoms with van der Waals surface area (Å²) in [5.41, 5.74) is -1.06. The van der Waals surface area contributed by atoms with E-state index >= 15 is 0 Å². The van der Waals surface area contributed by atoms with E-state index in [-0.39, 0.29) is 23.7 Å². The summed E-state index contributed by atoms with van der Waals surface area (Å²) < 4.78 is 0. The number of nitrogens with one attached hydrogen (secondary N) is 1. The van der Waals surface area contributed by atoms with Gasteiger partial charge < -0.3 is 15.0 Å². The standard InChI is InChI=1S/C17H18N2O4/c1-17(16(22)23)7-4-8-19(10-17)15(21)13-9-11-5-2-3-6-12(11)14(20)18-13/h2-3,5-6,9H,4,7-8,10H2,1H3,(H,18,20)(H,22,23). The van der Waals surface area contributed by atoms with Crippen LogP contribution in [0, 0.1) is 5.41 Å². The average Bonchev–Trinajstić information content (AvgIpc) is 2.54. The molecule has 6 nitrogen and oxygen atoms in total. The number of aromatic amines is 1. The maximum atomic E-state index is 12.7. The van der Waals surface area contributed by atoms with Gasteiger partial charge in [0.15, 0.2) is 0 Å². The molecule has 1 aromatic heterocycles. The Bertz CT molecular complexity index is 842. The molecule has 1 unspecified atom stereocenters. The number of aliphatic carboxylic acids is 1. The first-order valence-electron chi connectivity index (χ1n) is 7.55. The molecule has 1 saturated heterocycles. The molecule has 0 aliphatic carbocycles. The zero-order valence-electron chi connectivity index (χ0n) is 12.8. The van der Waals surface area contributed by atoms with Gasteiger partial charge in [0.1, 0.15) is 5.69 Å². The van der Waals surface area contributed by atoms with Gasteiger partial charge in [-0.25, -0.2) is 0 Å². The van der Waals surface area contributed by atoms with Crippen LogP contribution in [0.3, 0.4) is 0 Å². The number of aromatic nitrogens is 1. The molecule has 1 atom stereocenters. The lowest BCUT2D eigenvalue weighted by atomic mass is 9.82. The number of nitrogens with zero attached hydrogens (tertiary/aromatic N) is 1. The summed E-state index contributed by atoms with van der Waals surface area (Å²) in [6.45, 7) is 2.30. The minimum absolute atomic E-state index is 0.149. The van der Waals surface area contributed by atoms with Gasteiger partial charge in [-0.15, -0.1) is 0 Å². The summed E-state index contributed by atoms with van der Waals surface area (Å²) in [6.07, 6.45) is 1.17. The van der Waals surface area contributed by atoms with E-state index < -0.39 is 11.4 Å². The molecule has 23 heavy (non-hydrogen) atoms. The molecule has 3 rings (SSSR count). The van der Waals surface area contributed by atoms with Gasteiger partial charge in [-0.1, -0.05) is 18.2 Å². The third-order valence-electron chi connectivity index (χ3n) is 4.48. The third kappa shape index (κ3) is 2.72. The number of H-pyrrole nitrogens is 1. The van der Waals surface area contributed by atoms with Gasteiger partial charge in [0.05, 0.1) is 5.41 Å². The molecule has 120 valence electrons. The lowest BCUT2D eigenvalue weighted by Gasteiger charge is -2.37. The summed E-state index contributed by atoms with van der Waals surface area (Å²) in [5, 5.41) is 10.6. The van der Waals surface area contributed by atoms with Gasteiger partial charge in [0.2, 0.25) is 0 Å². The molecule has 1 fully saturated rings. The van der Waals surface area contributed by atoms with Crippen molar-refractivity contribution in [3.63, 3.8) is 0 Å². The molecular weight excluding hydrogens is 296 g/mol. The van der Waals surface area contributed by atoms with E-state index in [1.54, 1.807) is 37.3 Å². The van der Waals surface area contributed by atoms with E-state index in [2.05, 4.69) is 4.98 Å². The Labute approximate surface area is 132 Å². The van der Waals surface area contributed by atoms with Gasteiger partial charge in [-0.05, 0) is 37.3 Å². The van der Waals surface area contributed by atoms with Crippen LogP contribution in [-0.4, -0.2) is 40.0 Å². The quantitative estimate of drug-likeness (QED) is 0.885. The number of pyridine rings is 1. The SMILES string of the molecule is CC1(C(=O)O)CCCN(C(=O)c2cc3ccccc3c(=O)[nH]2)C1. The van der Waals surface area contributed by atoms with Crippen LogP contribution < -0.4 is 5.56 Å². The second kappa shape index (κ2) is 5.53. The Kier molecular flexibility index (Phi) is 3.67. The van der Waals surface area contributed by atoms with Crippen molar-refractivity contribution in [2.75, 3.05) is 13.1 Å². The van der Waals surface area contributed by atoms with Crippen molar-refractivity contribution in [1.82, 2.24) is 9.88 Å². The number of likely N-dealkylation sites (tertiary alicyclic amines) is 1. The van der Waals surface area contributed by atoms with Crippen molar-refractivity contribution in [1.29, 1.82) is 0 Å². The number of carboxylic acid groups (broad SMARTS) is 1. The third-order valence-corrected chi connectivity index (χ3v) is 4.48. The molecule has 2 heterocycles. The summed E-state index contributed by atoms with van der Waals surface area (Å²) in [5.74, 6) is -1.23. The van der Waals surface area contributed by atoms with Crippen molar-refractivity contribution in [2.24, 2.45) is 5.41 Å². The highest BCUT2D eigenvalue weighted by Crippen LogP contribution is 2.30. The number of hydrogen-bond acceptors (Lipinski definition) is 3. The summed E-state index contributed by atoms with van der Waals surface area (Å²) in [4.78, 5) is 40.3. The molecule has 2 aromatic rings. The molecular formula is C17H18N2O4. The Morgan fingerprint density at radius 2 is 2.04 bits per heavy atom. The fourth-order valence-electron chi connectivity index (χ4n) is 3.08. The first kappa shape index (κ1) is 15.3. The first-order chi connectivity index (χ1) is 10.9. The minimum Gasteiger partial charge on any atom is -0.481 e. The van der Waals surface area contributed by atoms with E-state index in [0.717, 1.165) is 0 Å². The molecule has 1 amide bonds. The second-order valence-corrected chi connectivity index (χ2v) is 6.30. The highest BCUT2D eigenvalue weighted by atomic mass is 16.4. The summed E-state index contributed by atoms with van der Waals surface area (Å²) >= 11 is 0. The molecule has 1 aromatic carbocycles. The van der Waals surface area contributed by atoms with Gasteiger partial charge in [-0.3, -0.25) is 14.4 Å². The topological polar surface area (TPSA) is 90.5 Å². The van der Waals surface area contributed by atoms with Crippen molar-refractivity contribution < 1.29 is 14.7 Å². The lowest BCUT2D eigenvalue weighted by Crippen LogP contribution is -2.48. The molecule has 6 heteroatoms. The van der Waals surface area contributed by atoms with Crippen LogP contribution in [0.15, 0.2) is 35.1 Å². The maximum absolute atomic E-state index is 12.7. The van der Waals surface area contributed by atoms with Crippen molar-refractivity contribution in [3.05, 3.63) is 46.4 Å². The van der Waals surface area contributed by atoms with Crippen molar-refractivity contribution in [2.45, 2.75) is 19.8 Å². The van der Waals surface area contributed by atoms with Crippen molar-refractivity contribution in [3.8, 4) is 0 Å². The Morgan fingerprint density at radius 3 is 2.78 bits per heavy atom. The number of piperidine rings is 1. The van der Waals surface area contributed by atoms with Crippen LogP contribution in [0.2, 0.25) is 0 Å². The largest absolute Gasteiger partial charge is 0.481 e. The van der Waals surface area contributed by atoms with E-state index in [9.17, 15) is 19.5 Å². The van der Waals surface area contributed by atoms with Crippen LogP contribution in [0.5, 0.6) is 0 Å². The van der Waals surface area contributed by atoms with Gasteiger partial charge in [0.25, 0.3) is 11.5 Å². The average molecular weight is 314 g/mol. The predicted molar refractivity (Wildman–Crippen MR) is 85.4 cm³/mol. The highest BCUT2D eigenvalue weighted by Gasteiger charge is 2.39. The second-order valence-electron chi connectivity index (χ2n) is 6.30. The molecule has 0 radical (unpaired) electrons. The zero-order chi connectivity index (χ0) is 16.6. The predicted octanol–water partition coefficient (Wildman–Crippen LogP) is 1.85. The molecule has 1 aliphatic rings. The number of benzene rings is 1. The number of rotatable bonds is 2. The fraction of sp³-hybridized carbons (Fsp3) is 0.353. The monoisotopic (exact) mass is 314 g/mol. The van der Waals surface area contributed by atoms with E-state index in [1.165, 1.54) is 4.90 Å². The molecule has 0 spiro atoms. The zero-order valence-corrected chi connectivity index (χ0v) is 12.8. The van der Waals surface area contributed by atoms with Crippen LogP contribution >= 0.6 is 0 Å². The Morgan fingerprint density at radius 1 is 1.30 bits per heavy atom. The number of fused-ring (bicyclic) bond motifs is 1. The fourth-order valence-corrected chi connectivity index (χ4v) is 3.08. The molecule has 0 saturated carbocycles. The van der Waals surface area contributed by atoms with Crippen LogP contribution in [0.1, 0.15) is 30.3 Å². The van der Waals surface area contributed by atoms with Gasteiger partial charge >= 0.3 is 5.97 Å². The minimum atomic E-state index is -0.939. The number of carbonyl (C=O) groups is 2. The number of carbonyl (C=O) groups excluding carboxylic acids is 1. The van der Waals surface area contributed by atoms with Crippen LogP contribution in [0.4, 0.5) is 0 Å². The van der Waals surface area contributed by atoms with E-state index in [1.807, 2.05) is 0 Å². The number of carboxylic acids is 1. The molecule has 2 N–H and O–H groups in total. The number of amides is 1. The first-order valence-corrected chi connectivity index (χ1v) is 7.55. The molecule has 0 bridgehead atoms.